The maximum absolute atomic E-state index is 6.14. The number of pyridine rings is 1. The molecule has 1 saturated carbocycles. The Morgan fingerprint density at radius 1 is 0.947 bits per heavy atom. The third-order valence-electron chi connectivity index (χ3n) is 7.92. The van der Waals surface area contributed by atoms with Gasteiger partial charge in [-0.25, -0.2) is 4.98 Å². The second-order valence-corrected chi connectivity index (χ2v) is 10.7. The summed E-state index contributed by atoms with van der Waals surface area (Å²) in [7, 11) is 3.83. The van der Waals surface area contributed by atoms with E-state index in [9.17, 15) is 0 Å². The first-order chi connectivity index (χ1) is 18.6. The Labute approximate surface area is 224 Å². The van der Waals surface area contributed by atoms with Gasteiger partial charge in [-0.2, -0.15) is 0 Å². The van der Waals surface area contributed by atoms with Crippen LogP contribution in [-0.4, -0.2) is 22.7 Å². The van der Waals surface area contributed by atoms with Crippen LogP contribution in [0, 0.1) is 12.8 Å². The Balaban J connectivity index is 1.14. The topological polar surface area (TPSA) is 48.3 Å². The van der Waals surface area contributed by atoms with Gasteiger partial charge in [0, 0.05) is 41.6 Å². The van der Waals surface area contributed by atoms with E-state index in [-0.39, 0.29) is 0 Å². The number of nitrogens with one attached hydrogen (secondary N) is 1. The second kappa shape index (κ2) is 10.4. The molecule has 2 aromatic heterocycles. The predicted molar refractivity (Wildman–Crippen MR) is 155 cm³/mol. The Bertz CT molecular complexity index is 1570. The number of aryl methyl sites for hydroxylation is 2. The third-order valence-corrected chi connectivity index (χ3v) is 7.92. The minimum Gasteiger partial charge on any atom is -0.497 e. The molecular formula is C33H35N3O2. The van der Waals surface area contributed by atoms with E-state index < -0.39 is 0 Å². The molecule has 38 heavy (non-hydrogen) atoms. The minimum atomic E-state index is 0.440. The maximum Gasteiger partial charge on any atom is 0.127 e. The molecule has 0 unspecified atom stereocenters. The van der Waals surface area contributed by atoms with Crippen LogP contribution >= 0.6 is 0 Å². The Morgan fingerprint density at radius 3 is 2.63 bits per heavy atom. The van der Waals surface area contributed by atoms with Crippen LogP contribution < -0.4 is 14.8 Å². The van der Waals surface area contributed by atoms with Gasteiger partial charge in [-0.15, -0.1) is 0 Å². The number of aromatic nitrogens is 2. The first-order valence-electron chi connectivity index (χ1n) is 13.5. The molecule has 5 nitrogen and oxygen atoms in total. The first-order valence-corrected chi connectivity index (χ1v) is 13.5. The molecule has 1 aliphatic carbocycles. The van der Waals surface area contributed by atoms with Crippen LogP contribution in [0.4, 0.5) is 5.82 Å². The lowest BCUT2D eigenvalue weighted by molar-refractivity contribution is 0.306. The van der Waals surface area contributed by atoms with Gasteiger partial charge < -0.3 is 19.4 Å². The van der Waals surface area contributed by atoms with Crippen LogP contribution in [0.2, 0.25) is 0 Å². The molecule has 0 saturated heterocycles. The van der Waals surface area contributed by atoms with Gasteiger partial charge in [0.2, 0.25) is 0 Å². The number of hydrogen-bond acceptors (Lipinski definition) is 4. The van der Waals surface area contributed by atoms with Crippen LogP contribution in [0.25, 0.3) is 21.8 Å². The minimum absolute atomic E-state index is 0.440. The molecule has 5 aromatic rings. The third kappa shape index (κ3) is 5.06. The van der Waals surface area contributed by atoms with Gasteiger partial charge in [0.15, 0.2) is 0 Å². The molecule has 0 aliphatic heterocycles. The normalized spacial score (nSPS) is 17.2. The largest absolute Gasteiger partial charge is 0.497 e. The smallest absolute Gasteiger partial charge is 0.127 e. The molecule has 1 fully saturated rings. The molecule has 0 radical (unpaired) electrons. The highest BCUT2D eigenvalue weighted by Gasteiger charge is 2.26. The number of fused-ring (bicyclic) bond motifs is 2. The van der Waals surface area contributed by atoms with Crippen molar-refractivity contribution in [2.75, 3.05) is 12.4 Å². The quantitative estimate of drug-likeness (QED) is 0.238. The lowest BCUT2D eigenvalue weighted by Gasteiger charge is -2.16. The van der Waals surface area contributed by atoms with E-state index in [0.29, 0.717) is 18.6 Å². The number of benzene rings is 3. The molecule has 5 heteroatoms. The van der Waals surface area contributed by atoms with E-state index in [1.807, 2.05) is 18.2 Å². The Hall–Kier alpha value is -3.99. The van der Waals surface area contributed by atoms with Crippen molar-refractivity contribution in [2.24, 2.45) is 13.0 Å². The highest BCUT2D eigenvalue weighted by molar-refractivity contribution is 5.86. The summed E-state index contributed by atoms with van der Waals surface area (Å²) >= 11 is 0. The standard InChI is InChI=1S/C33H35N3O2/c1-22-15-33(35-31-19-27(37-3)11-13-29(22)31)34-26-10-9-24(17-26)16-25-20-36(2)32-14-12-28(18-30(25)32)38-21-23-7-5-4-6-8-23/h4-8,11-15,18-20,24,26H,9-10,16-17,21H2,1-3H3,(H,34,35)/t24-,26+/m1/s1. The SMILES string of the molecule is COc1ccc2c(C)cc(N[C@H]3CC[C@H](Cc4cn(C)c5ccc(OCc6ccccc6)cc45)C3)nc2c1. The van der Waals surface area contributed by atoms with Gasteiger partial charge in [-0.1, -0.05) is 30.3 Å². The predicted octanol–water partition coefficient (Wildman–Crippen LogP) is 7.45. The summed E-state index contributed by atoms with van der Waals surface area (Å²) in [4.78, 5) is 4.90. The van der Waals surface area contributed by atoms with Gasteiger partial charge in [0.1, 0.15) is 23.9 Å². The number of nitrogens with zero attached hydrogens (tertiary/aromatic N) is 2. The lowest BCUT2D eigenvalue weighted by atomic mass is 9.97. The Morgan fingerprint density at radius 2 is 1.79 bits per heavy atom. The Kier molecular flexibility index (Phi) is 6.67. The lowest BCUT2D eigenvalue weighted by Crippen LogP contribution is -2.17. The van der Waals surface area contributed by atoms with Crippen LogP contribution in [0.5, 0.6) is 11.5 Å². The van der Waals surface area contributed by atoms with E-state index in [2.05, 4.69) is 84.6 Å². The van der Waals surface area contributed by atoms with Crippen molar-refractivity contribution in [3.63, 3.8) is 0 Å². The van der Waals surface area contributed by atoms with Crippen molar-refractivity contribution >= 4 is 27.6 Å². The average Bonchev–Trinajstić information content (AvgIpc) is 3.50. The van der Waals surface area contributed by atoms with Crippen LogP contribution in [0.15, 0.2) is 79.0 Å². The highest BCUT2D eigenvalue weighted by Crippen LogP contribution is 2.35. The van der Waals surface area contributed by atoms with Crippen molar-refractivity contribution in [3.8, 4) is 11.5 Å². The molecule has 6 rings (SSSR count). The molecule has 3 aromatic carbocycles. The second-order valence-electron chi connectivity index (χ2n) is 10.7. The van der Waals surface area contributed by atoms with Gasteiger partial charge >= 0.3 is 0 Å². The zero-order chi connectivity index (χ0) is 26.1. The fraction of sp³-hybridized carbons (Fsp3) is 0.303. The fourth-order valence-corrected chi connectivity index (χ4v) is 5.94. The van der Waals surface area contributed by atoms with E-state index in [0.717, 1.165) is 42.1 Å². The van der Waals surface area contributed by atoms with E-state index in [4.69, 9.17) is 14.5 Å². The molecule has 0 spiro atoms. The number of methoxy groups -OCH3 is 1. The molecular weight excluding hydrogens is 470 g/mol. The van der Waals surface area contributed by atoms with Gasteiger partial charge in [-0.3, -0.25) is 0 Å². The van der Waals surface area contributed by atoms with Crippen molar-refractivity contribution < 1.29 is 9.47 Å². The van der Waals surface area contributed by atoms with Gasteiger partial charge in [-0.05, 0) is 91.6 Å². The molecule has 0 amide bonds. The van der Waals surface area contributed by atoms with Gasteiger partial charge in [0.25, 0.3) is 0 Å². The monoisotopic (exact) mass is 505 g/mol. The molecule has 1 N–H and O–H groups in total. The number of rotatable bonds is 8. The zero-order valence-corrected chi connectivity index (χ0v) is 22.4. The average molecular weight is 506 g/mol. The van der Waals surface area contributed by atoms with E-state index in [1.165, 1.54) is 39.4 Å². The van der Waals surface area contributed by atoms with Gasteiger partial charge in [0.05, 0.1) is 12.6 Å². The summed E-state index contributed by atoms with van der Waals surface area (Å²) in [6, 6.07) is 25.5. The van der Waals surface area contributed by atoms with Crippen LogP contribution in [0.1, 0.15) is 36.0 Å². The van der Waals surface area contributed by atoms with Crippen molar-refractivity contribution in [2.45, 2.75) is 45.3 Å². The summed E-state index contributed by atoms with van der Waals surface area (Å²) in [6.45, 7) is 2.73. The van der Waals surface area contributed by atoms with E-state index in [1.54, 1.807) is 7.11 Å². The summed E-state index contributed by atoms with van der Waals surface area (Å²) < 4.78 is 13.8. The molecule has 2 atom stereocenters. The van der Waals surface area contributed by atoms with Crippen molar-refractivity contribution in [1.29, 1.82) is 0 Å². The molecule has 2 heterocycles. The van der Waals surface area contributed by atoms with Crippen LogP contribution in [-0.2, 0) is 20.1 Å². The maximum atomic E-state index is 6.14. The summed E-state index contributed by atoms with van der Waals surface area (Å²) in [5.74, 6) is 3.37. The number of hydrogen-bond donors (Lipinski definition) is 1. The number of ether oxygens (including phenoxy) is 2. The van der Waals surface area contributed by atoms with Crippen molar-refractivity contribution in [3.05, 3.63) is 95.7 Å². The van der Waals surface area contributed by atoms with Crippen LogP contribution in [0.3, 0.4) is 0 Å². The molecule has 194 valence electrons. The summed E-state index contributed by atoms with van der Waals surface area (Å²) in [6.07, 6.45) is 6.92. The summed E-state index contributed by atoms with van der Waals surface area (Å²) in [5, 5.41) is 6.20. The fourth-order valence-electron chi connectivity index (χ4n) is 5.94. The zero-order valence-electron chi connectivity index (χ0n) is 22.4. The highest BCUT2D eigenvalue weighted by atomic mass is 16.5. The first kappa shape index (κ1) is 24.4. The van der Waals surface area contributed by atoms with Crippen molar-refractivity contribution in [1.82, 2.24) is 9.55 Å². The number of anilines is 1. The molecule has 0 bridgehead atoms. The molecule has 1 aliphatic rings. The van der Waals surface area contributed by atoms with E-state index >= 15 is 0 Å². The summed E-state index contributed by atoms with van der Waals surface area (Å²) in [5.41, 5.74) is 6.05.